The van der Waals surface area contributed by atoms with Crippen molar-refractivity contribution in [2.45, 2.75) is 14.9 Å². The van der Waals surface area contributed by atoms with Crippen LogP contribution >= 0.6 is 0 Å². The molecular weight excluding hydrogens is 257 g/mol. The molecule has 0 bridgehead atoms. The minimum atomic E-state index is 0. The van der Waals surface area contributed by atoms with Crippen LogP contribution in [0.3, 0.4) is 0 Å². The average Bonchev–Trinajstić information content (AvgIpc) is 2.24. The van der Waals surface area contributed by atoms with Gasteiger partial charge in [0, 0.05) is 32.7 Å². The summed E-state index contributed by atoms with van der Waals surface area (Å²) in [4.78, 5) is 0. The molecule has 15 heavy (non-hydrogen) atoms. The minimum absolute atomic E-state index is 0. The first kappa shape index (κ1) is 20.0. The molecule has 0 aliphatic rings. The summed E-state index contributed by atoms with van der Waals surface area (Å²) >= 11 is 0. The van der Waals surface area contributed by atoms with E-state index in [-0.39, 0.29) is 47.6 Å². The Morgan fingerprint density at radius 3 is 0.800 bits per heavy atom. The van der Waals surface area contributed by atoms with Crippen LogP contribution in [0, 0.1) is 12.1 Å². The smallest absolute Gasteiger partial charge is 0 e. The number of benzene rings is 2. The molecule has 0 amide bonds. The van der Waals surface area contributed by atoms with E-state index in [4.69, 9.17) is 0 Å². The Kier molecular flexibility index (Phi) is 21.3. The molecule has 0 saturated carbocycles. The minimum Gasteiger partial charge on any atom is -0.184 e. The number of rotatable bonds is 0. The molecule has 0 atom stereocenters. The maximum atomic E-state index is 2.89. The molecule has 1 heteroatoms. The van der Waals surface area contributed by atoms with E-state index >= 15 is 0 Å². The van der Waals surface area contributed by atoms with Crippen molar-refractivity contribution in [3.05, 3.63) is 72.8 Å². The first-order valence-electron chi connectivity index (χ1n) is 3.82. The van der Waals surface area contributed by atoms with Crippen molar-refractivity contribution in [1.29, 1.82) is 0 Å². The predicted molar refractivity (Wildman–Crippen MR) is 64.0 cm³/mol. The molecule has 0 saturated heterocycles. The topological polar surface area (TPSA) is 0 Å². The molecule has 2 aromatic rings. The normalized spacial score (nSPS) is 6.40. The predicted octanol–water partition coefficient (Wildman–Crippen LogP) is 4.24. The molecule has 0 spiro atoms. The second kappa shape index (κ2) is 16.0. The Morgan fingerprint density at radius 1 is 0.467 bits per heavy atom. The Bertz CT molecular complexity index is 181. The van der Waals surface area contributed by atoms with E-state index in [0.717, 1.165) is 0 Å². The van der Waals surface area contributed by atoms with Gasteiger partial charge in [-0.1, -0.05) is 14.9 Å². The molecular formula is C14H18Y-2. The van der Waals surface area contributed by atoms with Gasteiger partial charge in [0.1, 0.15) is 0 Å². The van der Waals surface area contributed by atoms with Crippen molar-refractivity contribution < 1.29 is 32.7 Å². The summed E-state index contributed by atoms with van der Waals surface area (Å²) in [5.74, 6) is 0. The van der Waals surface area contributed by atoms with Crippen molar-refractivity contribution in [1.82, 2.24) is 0 Å². The maximum absolute atomic E-state index is 2.89. The van der Waals surface area contributed by atoms with Crippen LogP contribution in [0.25, 0.3) is 0 Å². The van der Waals surface area contributed by atoms with E-state index < -0.39 is 0 Å². The zero-order chi connectivity index (χ0) is 8.49. The Morgan fingerprint density at radius 2 is 0.733 bits per heavy atom. The van der Waals surface area contributed by atoms with Gasteiger partial charge >= 0.3 is 0 Å². The molecule has 0 aliphatic heterocycles. The molecule has 2 rings (SSSR count). The van der Waals surface area contributed by atoms with Gasteiger partial charge in [0.05, 0.1) is 0 Å². The van der Waals surface area contributed by atoms with Gasteiger partial charge in [0.15, 0.2) is 0 Å². The van der Waals surface area contributed by atoms with Gasteiger partial charge in [-0.05, 0) is 0 Å². The van der Waals surface area contributed by atoms with Crippen LogP contribution in [-0.2, 0) is 32.7 Å². The molecule has 0 unspecified atom stereocenters. The standard InChI is InChI=1S/2C6H5.2CH4.Y/c2*1-2-4-6-5-3-1;;;/h2*1-5H;2*1H4;/q2*-1;;;. The van der Waals surface area contributed by atoms with Crippen molar-refractivity contribution in [3.8, 4) is 0 Å². The summed E-state index contributed by atoms with van der Waals surface area (Å²) in [6, 6.07) is 25.0. The molecule has 79 valence electrons. The molecule has 2 aromatic carbocycles. The van der Waals surface area contributed by atoms with E-state index in [1.54, 1.807) is 0 Å². The fraction of sp³-hybridized carbons (Fsp3) is 0.143. The molecule has 0 aliphatic carbocycles. The summed E-state index contributed by atoms with van der Waals surface area (Å²) in [7, 11) is 0. The van der Waals surface area contributed by atoms with Crippen LogP contribution in [0.4, 0.5) is 0 Å². The Balaban J connectivity index is -0.000000160. The van der Waals surface area contributed by atoms with Gasteiger partial charge in [-0.25, -0.2) is 0 Å². The van der Waals surface area contributed by atoms with Gasteiger partial charge in [-0.2, -0.15) is 72.8 Å². The SMILES string of the molecule is C.C.[Y].[c-]1ccccc1.[c-]1ccccc1. The van der Waals surface area contributed by atoms with Crippen LogP contribution in [0.1, 0.15) is 14.9 Å². The molecule has 0 heterocycles. The average molecular weight is 275 g/mol. The first-order valence-corrected chi connectivity index (χ1v) is 3.82. The summed E-state index contributed by atoms with van der Waals surface area (Å²) in [5.41, 5.74) is 0. The quantitative estimate of drug-likeness (QED) is 0.631. The van der Waals surface area contributed by atoms with Crippen molar-refractivity contribution in [3.63, 3.8) is 0 Å². The Labute approximate surface area is 120 Å². The van der Waals surface area contributed by atoms with E-state index in [9.17, 15) is 0 Å². The summed E-state index contributed by atoms with van der Waals surface area (Å²) in [6.45, 7) is 0. The van der Waals surface area contributed by atoms with E-state index in [1.807, 2.05) is 60.7 Å². The monoisotopic (exact) mass is 275 g/mol. The van der Waals surface area contributed by atoms with Crippen molar-refractivity contribution in [2.24, 2.45) is 0 Å². The fourth-order valence-corrected chi connectivity index (χ4v) is 0.684. The van der Waals surface area contributed by atoms with Gasteiger partial charge in [-0.15, -0.1) is 0 Å². The third-order valence-electron chi connectivity index (χ3n) is 1.21. The number of hydrogen-bond donors (Lipinski definition) is 0. The third-order valence-corrected chi connectivity index (χ3v) is 1.21. The molecule has 1 radical (unpaired) electrons. The van der Waals surface area contributed by atoms with Crippen LogP contribution in [0.2, 0.25) is 0 Å². The van der Waals surface area contributed by atoms with Gasteiger partial charge < -0.3 is 0 Å². The largest absolute Gasteiger partial charge is 0.184 e. The summed E-state index contributed by atoms with van der Waals surface area (Å²) in [6.07, 6.45) is 0. The molecule has 0 fully saturated rings. The van der Waals surface area contributed by atoms with Gasteiger partial charge in [0.25, 0.3) is 0 Å². The zero-order valence-corrected chi connectivity index (χ0v) is 10.2. The molecule has 0 nitrogen and oxygen atoms in total. The van der Waals surface area contributed by atoms with E-state index in [0.29, 0.717) is 0 Å². The molecule has 0 N–H and O–H groups in total. The van der Waals surface area contributed by atoms with Crippen LogP contribution < -0.4 is 0 Å². The van der Waals surface area contributed by atoms with E-state index in [1.165, 1.54) is 0 Å². The van der Waals surface area contributed by atoms with Crippen LogP contribution in [0.5, 0.6) is 0 Å². The molecule has 0 aromatic heterocycles. The zero-order valence-electron chi connectivity index (χ0n) is 7.35. The van der Waals surface area contributed by atoms with Crippen LogP contribution in [-0.4, -0.2) is 0 Å². The number of hydrogen-bond acceptors (Lipinski definition) is 0. The van der Waals surface area contributed by atoms with Gasteiger partial charge in [-0.3, -0.25) is 0 Å². The third kappa shape index (κ3) is 13.5. The van der Waals surface area contributed by atoms with Crippen molar-refractivity contribution >= 4 is 0 Å². The first-order chi connectivity index (χ1) is 6.00. The van der Waals surface area contributed by atoms with Crippen LogP contribution in [0.15, 0.2) is 60.7 Å². The second-order valence-electron chi connectivity index (χ2n) is 2.15. The summed E-state index contributed by atoms with van der Waals surface area (Å²) in [5, 5.41) is 0. The van der Waals surface area contributed by atoms with Crippen molar-refractivity contribution in [2.75, 3.05) is 0 Å². The maximum Gasteiger partial charge on any atom is 0 e. The fourth-order valence-electron chi connectivity index (χ4n) is 0.684. The Hall–Kier alpha value is -0.456. The summed E-state index contributed by atoms with van der Waals surface area (Å²) < 4.78 is 0. The van der Waals surface area contributed by atoms with Gasteiger partial charge in [0.2, 0.25) is 0 Å². The second-order valence-corrected chi connectivity index (χ2v) is 2.15. The van der Waals surface area contributed by atoms with E-state index in [2.05, 4.69) is 12.1 Å².